The minimum Gasteiger partial charge on any atom is -0.477 e. The molecule has 0 saturated heterocycles. The predicted octanol–water partition coefficient (Wildman–Crippen LogP) is 1.58. The van der Waals surface area contributed by atoms with Gasteiger partial charge in [0, 0.05) is 25.2 Å². The van der Waals surface area contributed by atoms with E-state index < -0.39 is 35.2 Å². The molecule has 1 aromatic rings. The highest BCUT2D eigenvalue weighted by Crippen LogP contribution is 2.24. The minimum atomic E-state index is -1.45. The maximum atomic E-state index is 13.0. The molecule has 6 nitrogen and oxygen atoms in total. The topological polar surface area (TPSA) is 92.7 Å². The molecule has 22 heavy (non-hydrogen) atoms. The largest absolute Gasteiger partial charge is 0.477 e. The van der Waals surface area contributed by atoms with Crippen LogP contribution in [0.4, 0.5) is 4.39 Å². The number of hydrogen-bond donors (Lipinski definition) is 2. The Hall–Kier alpha value is -2.70. The molecule has 118 valence electrons. The summed E-state index contributed by atoms with van der Waals surface area (Å²) in [5.74, 6) is -3.63. The zero-order valence-corrected chi connectivity index (χ0v) is 12.3. The highest BCUT2D eigenvalue weighted by atomic mass is 19.1. The van der Waals surface area contributed by atoms with Crippen LogP contribution in [0, 0.1) is 5.82 Å². The molecule has 0 bridgehead atoms. The Bertz CT molecular complexity index is 621. The van der Waals surface area contributed by atoms with Crippen LogP contribution in [0.15, 0.2) is 35.5 Å². The molecule has 2 N–H and O–H groups in total. The number of carboxylic acid groups (broad SMARTS) is 1. The lowest BCUT2D eigenvalue weighted by Crippen LogP contribution is -2.27. The van der Waals surface area contributed by atoms with Crippen molar-refractivity contribution < 1.29 is 28.6 Å². The molecule has 0 heterocycles. The summed E-state index contributed by atoms with van der Waals surface area (Å²) in [6.07, 6.45) is -1.45. The molecule has 1 unspecified atom stereocenters. The van der Waals surface area contributed by atoms with E-state index in [0.29, 0.717) is 0 Å². The second-order valence-corrected chi connectivity index (χ2v) is 4.46. The van der Waals surface area contributed by atoms with Crippen LogP contribution >= 0.6 is 0 Å². The number of benzene rings is 1. The maximum absolute atomic E-state index is 13.0. The van der Waals surface area contributed by atoms with Crippen molar-refractivity contribution in [1.29, 1.82) is 0 Å². The SMILES string of the molecule is CNC(C)=C(C(=O)O)C(=O)C(OC(C)=O)c1ccc(F)cc1. The molecule has 0 aliphatic rings. The van der Waals surface area contributed by atoms with Crippen LogP contribution in [-0.4, -0.2) is 29.9 Å². The lowest BCUT2D eigenvalue weighted by molar-refractivity contribution is -0.153. The zero-order valence-electron chi connectivity index (χ0n) is 12.3. The van der Waals surface area contributed by atoms with Crippen molar-refractivity contribution in [3.8, 4) is 0 Å². The van der Waals surface area contributed by atoms with E-state index in [4.69, 9.17) is 4.74 Å². The number of esters is 1. The fraction of sp³-hybridized carbons (Fsp3) is 0.267. The molecule has 0 radical (unpaired) electrons. The number of hydrogen-bond acceptors (Lipinski definition) is 5. The fourth-order valence-corrected chi connectivity index (χ4v) is 1.78. The second-order valence-electron chi connectivity index (χ2n) is 4.46. The van der Waals surface area contributed by atoms with Gasteiger partial charge >= 0.3 is 11.9 Å². The first-order chi connectivity index (χ1) is 10.3. The average Bonchev–Trinajstić information content (AvgIpc) is 2.45. The summed E-state index contributed by atoms with van der Waals surface area (Å²) in [6.45, 7) is 2.51. The number of aliphatic carboxylic acids is 1. The third-order valence-electron chi connectivity index (χ3n) is 2.90. The monoisotopic (exact) mass is 309 g/mol. The predicted molar refractivity (Wildman–Crippen MR) is 75.3 cm³/mol. The van der Waals surface area contributed by atoms with Gasteiger partial charge in [0.2, 0.25) is 5.78 Å². The lowest BCUT2D eigenvalue weighted by Gasteiger charge is -2.18. The van der Waals surface area contributed by atoms with Crippen molar-refractivity contribution in [3.63, 3.8) is 0 Å². The van der Waals surface area contributed by atoms with Crippen LogP contribution in [0.3, 0.4) is 0 Å². The third kappa shape index (κ3) is 4.15. The molecule has 7 heteroatoms. The molecule has 0 amide bonds. The van der Waals surface area contributed by atoms with Crippen molar-refractivity contribution in [2.45, 2.75) is 20.0 Å². The molecule has 1 rings (SSSR count). The Balaban J connectivity index is 3.32. The smallest absolute Gasteiger partial charge is 0.341 e. The van der Waals surface area contributed by atoms with E-state index in [1.807, 2.05) is 0 Å². The number of ether oxygens (including phenoxy) is 1. The summed E-state index contributed by atoms with van der Waals surface area (Å²) < 4.78 is 17.9. The van der Waals surface area contributed by atoms with Gasteiger partial charge in [0.1, 0.15) is 11.4 Å². The van der Waals surface area contributed by atoms with Gasteiger partial charge in [-0.3, -0.25) is 9.59 Å². The fourth-order valence-electron chi connectivity index (χ4n) is 1.78. The molecular formula is C15H16FNO5. The van der Waals surface area contributed by atoms with E-state index in [1.165, 1.54) is 26.1 Å². The van der Waals surface area contributed by atoms with Crippen LogP contribution in [0.25, 0.3) is 0 Å². The quantitative estimate of drug-likeness (QED) is 0.359. The number of ketones is 1. The molecule has 0 aliphatic carbocycles. The number of rotatable bonds is 6. The second kappa shape index (κ2) is 7.35. The van der Waals surface area contributed by atoms with Crippen molar-refractivity contribution in [1.82, 2.24) is 5.32 Å². The van der Waals surface area contributed by atoms with Crippen LogP contribution in [0.5, 0.6) is 0 Å². The summed E-state index contributed by atoms with van der Waals surface area (Å²) in [4.78, 5) is 35.0. The van der Waals surface area contributed by atoms with Crippen LogP contribution < -0.4 is 5.32 Å². The number of carboxylic acids is 1. The standard InChI is InChI=1S/C15H16FNO5/c1-8(17-3)12(15(20)21)13(19)14(22-9(2)18)10-4-6-11(16)7-5-10/h4-7,14,17H,1-3H3,(H,20,21). The summed E-state index contributed by atoms with van der Waals surface area (Å²) in [6, 6.07) is 4.70. The van der Waals surface area contributed by atoms with Crippen molar-refractivity contribution in [2.24, 2.45) is 0 Å². The Morgan fingerprint density at radius 2 is 1.73 bits per heavy atom. The van der Waals surface area contributed by atoms with Crippen molar-refractivity contribution in [3.05, 3.63) is 46.9 Å². The van der Waals surface area contributed by atoms with Crippen LogP contribution in [0.2, 0.25) is 0 Å². The molecule has 1 atom stereocenters. The number of halogens is 1. The van der Waals surface area contributed by atoms with E-state index in [-0.39, 0.29) is 11.3 Å². The Morgan fingerprint density at radius 1 is 1.18 bits per heavy atom. The summed E-state index contributed by atoms with van der Waals surface area (Å²) in [7, 11) is 1.46. The number of allylic oxidation sites excluding steroid dienone is 1. The number of carbonyl (C=O) groups excluding carboxylic acids is 2. The first kappa shape index (κ1) is 17.4. The summed E-state index contributed by atoms with van der Waals surface area (Å²) in [5, 5.41) is 11.8. The Labute approximate surface area is 126 Å². The van der Waals surface area contributed by atoms with E-state index >= 15 is 0 Å². The maximum Gasteiger partial charge on any atom is 0.341 e. The van der Waals surface area contributed by atoms with Gasteiger partial charge in [0.05, 0.1) is 0 Å². The normalized spacial score (nSPS) is 12.9. The highest BCUT2D eigenvalue weighted by molar-refractivity contribution is 6.19. The first-order valence-electron chi connectivity index (χ1n) is 6.36. The summed E-state index contributed by atoms with van der Waals surface area (Å²) >= 11 is 0. The van der Waals surface area contributed by atoms with Gasteiger partial charge in [-0.2, -0.15) is 0 Å². The van der Waals surface area contributed by atoms with Gasteiger partial charge in [0.15, 0.2) is 6.10 Å². The van der Waals surface area contributed by atoms with Gasteiger partial charge in [-0.25, -0.2) is 9.18 Å². The van der Waals surface area contributed by atoms with Gasteiger partial charge in [0.25, 0.3) is 0 Å². The average molecular weight is 309 g/mol. The molecule has 0 fully saturated rings. The molecule has 1 aromatic carbocycles. The number of Topliss-reactive ketones (excluding diaryl/α,β-unsaturated/α-hetero) is 1. The molecular weight excluding hydrogens is 293 g/mol. The molecule has 0 spiro atoms. The number of carbonyl (C=O) groups is 3. The van der Waals surface area contributed by atoms with Gasteiger partial charge in [-0.1, -0.05) is 12.1 Å². The van der Waals surface area contributed by atoms with E-state index in [0.717, 1.165) is 19.1 Å². The van der Waals surface area contributed by atoms with Crippen LogP contribution in [-0.2, 0) is 19.1 Å². The summed E-state index contributed by atoms with van der Waals surface area (Å²) in [5.41, 5.74) is -0.223. The van der Waals surface area contributed by atoms with E-state index in [2.05, 4.69) is 5.32 Å². The molecule has 0 aromatic heterocycles. The highest BCUT2D eigenvalue weighted by Gasteiger charge is 2.31. The van der Waals surface area contributed by atoms with Gasteiger partial charge in [-0.15, -0.1) is 0 Å². The van der Waals surface area contributed by atoms with Crippen LogP contribution in [0.1, 0.15) is 25.5 Å². The Kier molecular flexibility index (Phi) is 5.80. The van der Waals surface area contributed by atoms with Crippen molar-refractivity contribution in [2.75, 3.05) is 7.05 Å². The van der Waals surface area contributed by atoms with Crippen molar-refractivity contribution >= 4 is 17.7 Å². The Morgan fingerprint density at radius 3 is 2.14 bits per heavy atom. The zero-order chi connectivity index (χ0) is 16.9. The molecule has 0 aliphatic heterocycles. The van der Waals surface area contributed by atoms with Gasteiger partial charge < -0.3 is 15.2 Å². The lowest BCUT2D eigenvalue weighted by atomic mass is 9.98. The molecule has 0 saturated carbocycles. The third-order valence-corrected chi connectivity index (χ3v) is 2.90. The minimum absolute atomic E-state index is 0.122. The van der Waals surface area contributed by atoms with E-state index in [9.17, 15) is 23.9 Å². The first-order valence-corrected chi connectivity index (χ1v) is 6.36. The number of nitrogens with one attached hydrogen (secondary N) is 1. The van der Waals surface area contributed by atoms with E-state index in [1.54, 1.807) is 0 Å². The van der Waals surface area contributed by atoms with Gasteiger partial charge in [-0.05, 0) is 19.1 Å².